The minimum Gasteiger partial charge on any atom is -0.484 e. The monoisotopic (exact) mass is 437 g/mol. The minimum absolute atomic E-state index is 0.348. The molecule has 3 N–H and O–H groups in total. The zero-order chi connectivity index (χ0) is 21.4. The lowest BCUT2D eigenvalue weighted by Gasteiger charge is -2.16. The summed E-state index contributed by atoms with van der Waals surface area (Å²) in [5.74, 6) is -0.0958. The number of hydrogen-bond acceptors (Lipinski definition) is 4. The number of carbonyl (C=O) groups is 1. The van der Waals surface area contributed by atoms with Crippen molar-refractivity contribution in [3.05, 3.63) is 76.4 Å². The van der Waals surface area contributed by atoms with Gasteiger partial charge in [0.1, 0.15) is 22.4 Å². The standard InChI is InChI=1S/C23H20ClN3O2S/c1-12(2)14-8-16-17(11-27-23(16)26-10-14)20-9-19(21(30-20)22(25)28)29-13(3)15-6-4-5-7-18(15)24/h4-11,13H,1H2,2-3H3,(H2,25,28)(H,26,27). The van der Waals surface area contributed by atoms with Crippen molar-refractivity contribution in [1.29, 1.82) is 0 Å². The van der Waals surface area contributed by atoms with Crippen LogP contribution in [0, 0.1) is 0 Å². The Morgan fingerprint density at radius 2 is 2.10 bits per heavy atom. The number of aromatic nitrogens is 2. The van der Waals surface area contributed by atoms with E-state index in [4.69, 9.17) is 22.1 Å². The molecule has 1 amide bonds. The number of thiophene rings is 1. The van der Waals surface area contributed by atoms with Crippen molar-refractivity contribution in [3.63, 3.8) is 0 Å². The third-order valence-electron chi connectivity index (χ3n) is 4.86. The number of rotatable bonds is 6. The molecule has 0 saturated carbocycles. The summed E-state index contributed by atoms with van der Waals surface area (Å²) in [7, 11) is 0. The number of halogens is 1. The van der Waals surface area contributed by atoms with Gasteiger partial charge in [-0.25, -0.2) is 4.98 Å². The van der Waals surface area contributed by atoms with Gasteiger partial charge >= 0.3 is 0 Å². The fraction of sp³-hybridized carbons (Fsp3) is 0.130. The van der Waals surface area contributed by atoms with E-state index in [2.05, 4.69) is 16.5 Å². The number of nitrogens with two attached hydrogens (primary N) is 1. The van der Waals surface area contributed by atoms with Gasteiger partial charge < -0.3 is 15.5 Å². The maximum absolute atomic E-state index is 12.1. The quantitative estimate of drug-likeness (QED) is 0.376. The van der Waals surface area contributed by atoms with Crippen LogP contribution in [-0.4, -0.2) is 15.9 Å². The van der Waals surface area contributed by atoms with Crippen LogP contribution in [0.1, 0.15) is 40.8 Å². The number of amides is 1. The van der Waals surface area contributed by atoms with Crippen LogP contribution >= 0.6 is 22.9 Å². The molecule has 0 aliphatic heterocycles. The first-order valence-electron chi connectivity index (χ1n) is 9.33. The van der Waals surface area contributed by atoms with Crippen LogP contribution in [0.3, 0.4) is 0 Å². The average Bonchev–Trinajstić information content (AvgIpc) is 3.31. The predicted octanol–water partition coefficient (Wildman–Crippen LogP) is 6.22. The first-order chi connectivity index (χ1) is 14.3. The summed E-state index contributed by atoms with van der Waals surface area (Å²) < 4.78 is 6.11. The number of fused-ring (bicyclic) bond motifs is 1. The van der Waals surface area contributed by atoms with Gasteiger partial charge in [-0.3, -0.25) is 4.79 Å². The van der Waals surface area contributed by atoms with Gasteiger partial charge in [0.15, 0.2) is 0 Å². The number of H-pyrrole nitrogens is 1. The summed E-state index contributed by atoms with van der Waals surface area (Å²) in [5, 5.41) is 1.55. The van der Waals surface area contributed by atoms with Gasteiger partial charge in [-0.15, -0.1) is 11.3 Å². The summed E-state index contributed by atoms with van der Waals surface area (Å²) >= 11 is 7.59. The largest absolute Gasteiger partial charge is 0.484 e. The number of benzene rings is 1. The molecule has 3 aromatic heterocycles. The number of hydrogen-bond donors (Lipinski definition) is 2. The van der Waals surface area contributed by atoms with Crippen LogP contribution in [0.15, 0.2) is 55.4 Å². The van der Waals surface area contributed by atoms with E-state index in [-0.39, 0.29) is 6.10 Å². The van der Waals surface area contributed by atoms with Crippen LogP contribution in [0.25, 0.3) is 27.0 Å². The van der Waals surface area contributed by atoms with Crippen molar-refractivity contribution in [2.24, 2.45) is 5.73 Å². The van der Waals surface area contributed by atoms with Crippen LogP contribution in [-0.2, 0) is 0 Å². The molecule has 1 unspecified atom stereocenters. The number of allylic oxidation sites excluding steroid dienone is 1. The number of carbonyl (C=O) groups excluding carboxylic acids is 1. The van der Waals surface area contributed by atoms with Crippen molar-refractivity contribution < 1.29 is 9.53 Å². The molecular weight excluding hydrogens is 418 g/mol. The number of primary amides is 1. The molecule has 0 bridgehead atoms. The summed E-state index contributed by atoms with van der Waals surface area (Å²) in [6, 6.07) is 11.3. The number of pyridine rings is 1. The zero-order valence-electron chi connectivity index (χ0n) is 16.5. The van der Waals surface area contributed by atoms with E-state index >= 15 is 0 Å². The summed E-state index contributed by atoms with van der Waals surface area (Å²) in [6.07, 6.45) is 3.31. The Bertz CT molecular complexity index is 1270. The topological polar surface area (TPSA) is 81.0 Å². The summed E-state index contributed by atoms with van der Waals surface area (Å²) in [4.78, 5) is 21.0. The molecule has 0 fully saturated rings. The molecule has 0 radical (unpaired) electrons. The highest BCUT2D eigenvalue weighted by Crippen LogP contribution is 2.41. The van der Waals surface area contributed by atoms with Gasteiger partial charge in [-0.05, 0) is 43.2 Å². The Hall–Kier alpha value is -3.09. The smallest absolute Gasteiger partial charge is 0.262 e. The first-order valence-corrected chi connectivity index (χ1v) is 10.5. The molecule has 30 heavy (non-hydrogen) atoms. The minimum atomic E-state index is -0.534. The molecule has 0 saturated heterocycles. The van der Waals surface area contributed by atoms with Crippen molar-refractivity contribution >= 4 is 45.5 Å². The maximum Gasteiger partial charge on any atom is 0.262 e. The van der Waals surface area contributed by atoms with Gasteiger partial charge in [0.05, 0.1) is 0 Å². The van der Waals surface area contributed by atoms with Crippen LogP contribution in [0.2, 0.25) is 5.02 Å². The second kappa shape index (κ2) is 7.97. The fourth-order valence-corrected chi connectivity index (χ4v) is 4.53. The molecular formula is C23H20ClN3O2S. The highest BCUT2D eigenvalue weighted by atomic mass is 35.5. The van der Waals surface area contributed by atoms with Gasteiger partial charge in [0.2, 0.25) is 0 Å². The Balaban J connectivity index is 1.76. The van der Waals surface area contributed by atoms with Crippen LogP contribution in [0.4, 0.5) is 0 Å². The highest BCUT2D eigenvalue weighted by Gasteiger charge is 2.21. The molecule has 152 valence electrons. The molecule has 3 heterocycles. The Kier molecular flexibility index (Phi) is 5.37. The molecule has 1 aromatic carbocycles. The van der Waals surface area contributed by atoms with E-state index < -0.39 is 5.91 Å². The molecule has 0 aliphatic rings. The zero-order valence-corrected chi connectivity index (χ0v) is 18.1. The van der Waals surface area contributed by atoms with Gasteiger partial charge in [0, 0.05) is 38.8 Å². The third-order valence-corrected chi connectivity index (χ3v) is 6.37. The molecule has 5 nitrogen and oxygen atoms in total. The van der Waals surface area contributed by atoms with Crippen molar-refractivity contribution in [2.75, 3.05) is 0 Å². The van der Waals surface area contributed by atoms with Crippen LogP contribution < -0.4 is 10.5 Å². The Morgan fingerprint density at radius 1 is 1.33 bits per heavy atom. The van der Waals surface area contributed by atoms with Crippen molar-refractivity contribution in [1.82, 2.24) is 9.97 Å². The predicted molar refractivity (Wildman–Crippen MR) is 123 cm³/mol. The SMILES string of the molecule is C=C(C)c1cnc2[nH]cc(-c3cc(OC(C)c4ccccc4Cl)c(C(N)=O)s3)c2c1. The number of aromatic amines is 1. The van der Waals surface area contributed by atoms with E-state index in [1.54, 1.807) is 6.20 Å². The molecule has 4 rings (SSSR count). The Labute approximate surface area is 183 Å². The van der Waals surface area contributed by atoms with Gasteiger partial charge in [0.25, 0.3) is 5.91 Å². The molecule has 4 aromatic rings. The summed E-state index contributed by atoms with van der Waals surface area (Å²) in [5.41, 5.74) is 10.0. The fourth-order valence-electron chi connectivity index (χ4n) is 3.27. The second-order valence-corrected chi connectivity index (χ2v) is 8.51. The lowest BCUT2D eigenvalue weighted by Crippen LogP contribution is -2.12. The van der Waals surface area contributed by atoms with E-state index in [1.165, 1.54) is 11.3 Å². The highest BCUT2D eigenvalue weighted by molar-refractivity contribution is 7.17. The molecule has 0 spiro atoms. The number of nitrogens with one attached hydrogen (secondary N) is 1. The average molecular weight is 438 g/mol. The van der Waals surface area contributed by atoms with E-state index in [0.717, 1.165) is 38.2 Å². The van der Waals surface area contributed by atoms with Crippen molar-refractivity contribution in [3.8, 4) is 16.2 Å². The van der Waals surface area contributed by atoms with E-state index in [0.29, 0.717) is 15.6 Å². The molecule has 0 aliphatic carbocycles. The van der Waals surface area contributed by atoms with Gasteiger partial charge in [-0.2, -0.15) is 0 Å². The number of nitrogens with zero attached hydrogens (tertiary/aromatic N) is 1. The van der Waals surface area contributed by atoms with Gasteiger partial charge in [-0.1, -0.05) is 36.4 Å². The summed E-state index contributed by atoms with van der Waals surface area (Å²) in [6.45, 7) is 7.81. The van der Waals surface area contributed by atoms with E-state index in [9.17, 15) is 4.79 Å². The van der Waals surface area contributed by atoms with Crippen LogP contribution in [0.5, 0.6) is 5.75 Å². The lowest BCUT2D eigenvalue weighted by molar-refractivity contribution is 0.0998. The first kappa shape index (κ1) is 20.2. The third kappa shape index (κ3) is 3.72. The van der Waals surface area contributed by atoms with Crippen molar-refractivity contribution in [2.45, 2.75) is 20.0 Å². The number of ether oxygens (including phenoxy) is 1. The second-order valence-electron chi connectivity index (χ2n) is 7.05. The Morgan fingerprint density at radius 3 is 2.80 bits per heavy atom. The molecule has 1 atom stereocenters. The van der Waals surface area contributed by atoms with E-state index in [1.807, 2.05) is 56.4 Å². The lowest BCUT2D eigenvalue weighted by atomic mass is 10.1. The normalized spacial score (nSPS) is 12.1. The maximum atomic E-state index is 12.1. The molecule has 7 heteroatoms.